The van der Waals surface area contributed by atoms with Gasteiger partial charge in [0.25, 0.3) is 0 Å². The number of fused-ring (bicyclic) bond motifs is 8. The van der Waals surface area contributed by atoms with E-state index in [2.05, 4.69) is 76.5 Å². The zero-order chi connectivity index (χ0) is 67.8. The zero-order valence-electron chi connectivity index (χ0n) is 55.5. The smallest absolute Gasteiger partial charge is 0.409 e. The molecule has 0 spiro atoms. The molecule has 9 atom stereocenters. The molecule has 5 aliphatic rings. The van der Waals surface area contributed by atoms with Crippen LogP contribution in [-0.4, -0.2) is 217 Å². The van der Waals surface area contributed by atoms with Crippen LogP contribution in [0, 0.1) is 5.92 Å². The van der Waals surface area contributed by atoms with E-state index in [1.165, 1.54) is 54.8 Å². The number of hydrazine groups is 1. The van der Waals surface area contributed by atoms with Gasteiger partial charge in [-0.1, -0.05) is 90.9 Å². The monoisotopic (exact) mass is 1320 g/mol. The molecule has 6 heterocycles. The molecule has 24 nitrogen and oxygen atoms in total. The van der Waals surface area contributed by atoms with Crippen molar-refractivity contribution in [2.45, 2.75) is 152 Å². The van der Waals surface area contributed by atoms with Gasteiger partial charge in [0.15, 0.2) is 5.72 Å². The topological polar surface area (TPSA) is 264 Å². The number of halogens is 1. The normalized spacial score (nSPS) is 25.8. The highest BCUT2D eigenvalue weighted by Crippen LogP contribution is 2.50. The lowest BCUT2D eigenvalue weighted by Gasteiger charge is -2.42. The van der Waals surface area contributed by atoms with Gasteiger partial charge in [0.1, 0.15) is 40.7 Å². The van der Waals surface area contributed by atoms with Gasteiger partial charge in [-0.05, 0) is 69.4 Å². The Morgan fingerprint density at radius 2 is 1.60 bits per heavy atom. The fraction of sp³-hybridized carbons (Fsp3) is 0.551. The molecular weight excluding hydrogens is 1230 g/mol. The third kappa shape index (κ3) is 16.1. The molecule has 0 radical (unpaired) electrons. The Morgan fingerprint density at radius 3 is 2.30 bits per heavy atom. The van der Waals surface area contributed by atoms with Crippen molar-refractivity contribution < 1.29 is 76.9 Å². The number of benzene rings is 3. The van der Waals surface area contributed by atoms with Crippen LogP contribution in [0.15, 0.2) is 90.5 Å². The Labute approximate surface area is 554 Å². The van der Waals surface area contributed by atoms with Crippen LogP contribution in [0.1, 0.15) is 107 Å². The molecule has 4 bridgehead atoms. The van der Waals surface area contributed by atoms with Crippen molar-refractivity contribution in [1.29, 1.82) is 0 Å². The molecule has 25 heteroatoms. The number of likely N-dealkylation sites (tertiary alicyclic amines) is 1. The first-order valence-corrected chi connectivity index (χ1v) is 32.6. The molecule has 0 saturated carbocycles. The summed E-state index contributed by atoms with van der Waals surface area (Å²) in [6.45, 7) is 9.43. The van der Waals surface area contributed by atoms with Crippen LogP contribution in [-0.2, 0) is 76.7 Å². The van der Waals surface area contributed by atoms with Crippen molar-refractivity contribution in [2.24, 2.45) is 5.92 Å². The number of hydrogen-bond donors (Lipinski definition) is 3. The number of carbonyl (C=O) groups is 7. The van der Waals surface area contributed by atoms with E-state index >= 15 is 0 Å². The van der Waals surface area contributed by atoms with Gasteiger partial charge in [-0.25, -0.2) is 19.6 Å². The molecule has 4 aromatic rings. The van der Waals surface area contributed by atoms with E-state index in [0.29, 0.717) is 56.9 Å². The van der Waals surface area contributed by atoms with Crippen LogP contribution in [0.25, 0.3) is 10.9 Å². The maximum absolute atomic E-state index is 14.6. The lowest BCUT2D eigenvalue weighted by Crippen LogP contribution is -2.63. The summed E-state index contributed by atoms with van der Waals surface area (Å²) < 4.78 is 43.3. The van der Waals surface area contributed by atoms with E-state index in [-0.39, 0.29) is 94.0 Å². The average molecular weight is 1320 g/mol. The summed E-state index contributed by atoms with van der Waals surface area (Å²) >= 11 is 6.89. The number of carboxylic acid groups (broad SMARTS) is 1. The van der Waals surface area contributed by atoms with Gasteiger partial charge in [0.2, 0.25) is 23.6 Å². The van der Waals surface area contributed by atoms with Gasteiger partial charge >= 0.3 is 18.0 Å². The molecular formula is C69H91ClN8O16. The number of aromatic nitrogens is 1. The number of nitrogens with one attached hydrogen (secondary N) is 1. The number of anilines is 1. The number of carbonyl (C=O) groups excluding carboxylic acids is 6. The second-order valence-electron chi connectivity index (χ2n) is 25.5. The first kappa shape index (κ1) is 70.9. The number of rotatable bonds is 22. The summed E-state index contributed by atoms with van der Waals surface area (Å²) in [6.07, 6.45) is 0.771. The molecule has 3 N–H and O–H groups in total. The summed E-state index contributed by atoms with van der Waals surface area (Å²) in [5.74, 6) is -3.51. The number of methoxy groups -OCH3 is 2. The lowest BCUT2D eigenvalue weighted by molar-refractivity contribution is -0.162. The summed E-state index contributed by atoms with van der Waals surface area (Å²) in [4.78, 5) is 102. The number of para-hydroxylation sites is 1. The predicted octanol–water partition coefficient (Wildman–Crippen LogP) is 7.05. The number of hydrogen-bond acceptors (Lipinski definition) is 17. The van der Waals surface area contributed by atoms with Crippen molar-refractivity contribution in [3.05, 3.63) is 118 Å². The van der Waals surface area contributed by atoms with Gasteiger partial charge in [0.05, 0.1) is 70.8 Å². The third-order valence-corrected chi connectivity index (χ3v) is 19.7. The summed E-state index contributed by atoms with van der Waals surface area (Å²) in [7, 11) is 10.0. The number of alkyl carbamates (subject to hydrolysis) is 1. The number of likely N-dealkylation sites (N-methyl/N-ethyl adjacent to an activating group) is 1. The quantitative estimate of drug-likeness (QED) is 0.0404. The fourth-order valence-electron chi connectivity index (χ4n) is 13.5. The number of aliphatic hydroxyl groups is 1. The van der Waals surface area contributed by atoms with Crippen LogP contribution < -0.4 is 15.0 Å². The summed E-state index contributed by atoms with van der Waals surface area (Å²) in [5, 5.41) is 29.3. The predicted molar refractivity (Wildman–Crippen MR) is 349 cm³/mol. The number of nitrogens with zero attached hydrogens (tertiary/aromatic N) is 7. The Balaban J connectivity index is 0.865. The number of esters is 1. The van der Waals surface area contributed by atoms with Crippen LogP contribution in [0.2, 0.25) is 5.02 Å². The molecule has 0 aliphatic carbocycles. The molecule has 2 unspecified atom stereocenters. The van der Waals surface area contributed by atoms with Crippen molar-refractivity contribution in [3.8, 4) is 5.75 Å². The molecule has 3 fully saturated rings. The van der Waals surface area contributed by atoms with E-state index < -0.39 is 84.0 Å². The highest BCUT2D eigenvalue weighted by atomic mass is 35.5. The number of allylic oxidation sites excluding steroid dienone is 3. The first-order chi connectivity index (χ1) is 44.9. The van der Waals surface area contributed by atoms with E-state index in [4.69, 9.17) is 49.9 Å². The first-order valence-electron chi connectivity index (χ1n) is 32.3. The Morgan fingerprint density at radius 1 is 0.904 bits per heavy atom. The third-order valence-electron chi connectivity index (χ3n) is 19.3. The van der Waals surface area contributed by atoms with Crippen LogP contribution in [0.3, 0.4) is 0 Å². The number of carboxylic acids is 1. The minimum absolute atomic E-state index is 0.00764. The summed E-state index contributed by atoms with van der Waals surface area (Å²) in [5.41, 5.74) is 3.37. The van der Waals surface area contributed by atoms with Crippen LogP contribution >= 0.6 is 11.6 Å². The highest BCUT2D eigenvalue weighted by molar-refractivity contribution is 6.35. The van der Waals surface area contributed by atoms with E-state index in [1.54, 1.807) is 50.1 Å². The summed E-state index contributed by atoms with van der Waals surface area (Å²) in [6, 6.07) is 20.8. The second-order valence-corrected chi connectivity index (χ2v) is 25.8. The van der Waals surface area contributed by atoms with Crippen molar-refractivity contribution in [1.82, 2.24) is 34.6 Å². The zero-order valence-corrected chi connectivity index (χ0v) is 56.3. The minimum atomic E-state index is -1.91. The minimum Gasteiger partial charge on any atom is -0.495 e. The number of ether oxygens (including phenoxy) is 7. The molecule has 5 amide bonds. The van der Waals surface area contributed by atoms with Gasteiger partial charge < -0.3 is 67.5 Å². The van der Waals surface area contributed by atoms with E-state index in [0.717, 1.165) is 22.0 Å². The van der Waals surface area contributed by atoms with Crippen molar-refractivity contribution in [3.63, 3.8) is 0 Å². The van der Waals surface area contributed by atoms with E-state index in [1.807, 2.05) is 30.0 Å². The van der Waals surface area contributed by atoms with Gasteiger partial charge in [-0.15, -0.1) is 0 Å². The molecule has 9 rings (SSSR count). The SMILES string of the molecule is COc1cc2cc(c1Cl)N(C)C(=O)C[C@H](OC(=O)[C@@H](C)N(C)C(=O)CCC(=O)N(CCOCCOCCC(=O)O)C1CCN(C(=O)CCn3c4c(c5ccccc53)C(c3ccccc3)N(C)N(C)C4)CC1)[C@]1(C)OC1[C@H](C)[C@@H]1C[C@@](O)(NC(=O)O1)[C@H](OC)/C=C/C=C(\C)C2. The Hall–Kier alpha value is -7.42. The number of amides is 5. The maximum atomic E-state index is 14.6. The highest BCUT2D eigenvalue weighted by Gasteiger charge is 2.64. The van der Waals surface area contributed by atoms with E-state index in [9.17, 15) is 38.7 Å². The second kappa shape index (κ2) is 31.0. The number of aryl methyl sites for hydroxylation is 1. The Kier molecular flexibility index (Phi) is 23.4. The molecule has 5 aliphatic heterocycles. The number of epoxide rings is 1. The molecule has 3 aromatic carbocycles. The molecule has 510 valence electrons. The van der Waals surface area contributed by atoms with Crippen LogP contribution in [0.4, 0.5) is 10.5 Å². The maximum Gasteiger partial charge on any atom is 0.409 e. The van der Waals surface area contributed by atoms with Crippen molar-refractivity contribution >= 4 is 69.9 Å². The lowest BCUT2D eigenvalue weighted by atomic mass is 9.83. The van der Waals surface area contributed by atoms with Crippen LogP contribution in [0.5, 0.6) is 5.75 Å². The molecule has 1 aromatic heterocycles. The van der Waals surface area contributed by atoms with Gasteiger partial charge in [0, 0.05) is 121 Å². The Bertz CT molecular complexity index is 3470. The van der Waals surface area contributed by atoms with Gasteiger partial charge in [-0.3, -0.25) is 29.3 Å². The largest absolute Gasteiger partial charge is 0.495 e. The molecule has 3 saturated heterocycles. The number of aliphatic carboxylic acids is 1. The fourth-order valence-corrected chi connectivity index (χ4v) is 13.9. The average Bonchev–Trinajstić information content (AvgIpc) is 1.58. The van der Waals surface area contributed by atoms with Crippen molar-refractivity contribution in [2.75, 3.05) is 93.4 Å². The number of piperidine rings is 1. The van der Waals surface area contributed by atoms with Gasteiger partial charge in [-0.2, -0.15) is 0 Å². The standard InChI is InChI=1S/C69H91ClN8O16/c1-43-17-16-22-55(89-10)69(87)41-54(92-67(86)71-69)44(2)65-68(4,94-65)56(40-60(82)74(7)51-38-46(37-43)39-53(88-9)63(51)70)93-66(85)45(3)73(6)57(79)23-24-59(81)77(32-34-91-36-35-90-33-28-61(83)84)48-25-29-76(30-26-48)58(80)27-31-78-50-21-15-14-20-49(50)62-52(78)42-72(5)75(8)64(62)47-18-12-11-13-19-47/h11-22,38-39,44-45,48,54-56,64-65,87H,23-37,40-42H2,1-10H3,(H,71,86)(H,83,84)/b22-16+,43-17+/t44-,45-,54+,55-,56+,64?,65?,68+,69+/m1/s1. The molecule has 94 heavy (non-hydrogen) atoms.